The lowest BCUT2D eigenvalue weighted by atomic mass is 10.1. The second-order valence-corrected chi connectivity index (χ2v) is 4.76. The number of aromatic nitrogens is 1. The van der Waals surface area contributed by atoms with E-state index in [-0.39, 0.29) is 16.7 Å². The fourth-order valence-electron chi connectivity index (χ4n) is 1.99. The van der Waals surface area contributed by atoms with Crippen LogP contribution in [0, 0.1) is 17.0 Å². The average molecular weight is 271 g/mol. The van der Waals surface area contributed by atoms with Crippen LogP contribution in [-0.2, 0) is 6.54 Å². The zero-order chi connectivity index (χ0) is 14.5. The molecule has 1 aromatic heterocycles. The van der Waals surface area contributed by atoms with Crippen LogP contribution < -0.4 is 5.32 Å². The summed E-state index contributed by atoms with van der Waals surface area (Å²) in [5, 5.41) is 14.1. The maximum Gasteiger partial charge on any atom is 0.269 e. The van der Waals surface area contributed by atoms with Crippen LogP contribution in [0.15, 0.2) is 42.7 Å². The zero-order valence-electron chi connectivity index (χ0n) is 11.5. The van der Waals surface area contributed by atoms with Gasteiger partial charge in [0, 0.05) is 37.1 Å². The minimum Gasteiger partial charge on any atom is -0.306 e. The highest BCUT2D eigenvalue weighted by Gasteiger charge is 2.10. The second kappa shape index (κ2) is 6.25. The smallest absolute Gasteiger partial charge is 0.269 e. The molecule has 5 nitrogen and oxygen atoms in total. The topological polar surface area (TPSA) is 68.1 Å². The summed E-state index contributed by atoms with van der Waals surface area (Å²) in [6, 6.07) is 8.73. The number of rotatable bonds is 5. The molecule has 0 aliphatic carbocycles. The molecule has 0 saturated carbocycles. The molecule has 0 saturated heterocycles. The number of non-ortho nitro benzene ring substituents is 1. The van der Waals surface area contributed by atoms with Gasteiger partial charge in [-0.3, -0.25) is 15.1 Å². The Morgan fingerprint density at radius 3 is 2.90 bits per heavy atom. The fourth-order valence-corrected chi connectivity index (χ4v) is 1.99. The SMILES string of the molecule is Cc1cnccc1CNC(C)c1cccc([N+](=O)[O-])c1. The van der Waals surface area contributed by atoms with Crippen molar-refractivity contribution in [1.82, 2.24) is 10.3 Å². The van der Waals surface area contributed by atoms with Crippen molar-refractivity contribution in [2.75, 3.05) is 0 Å². The largest absolute Gasteiger partial charge is 0.306 e. The van der Waals surface area contributed by atoms with E-state index in [0.29, 0.717) is 6.54 Å². The molecule has 1 N–H and O–H groups in total. The summed E-state index contributed by atoms with van der Waals surface area (Å²) in [4.78, 5) is 14.5. The van der Waals surface area contributed by atoms with Gasteiger partial charge >= 0.3 is 0 Å². The summed E-state index contributed by atoms with van der Waals surface area (Å²) >= 11 is 0. The Labute approximate surface area is 117 Å². The Bertz CT molecular complexity index is 614. The first-order chi connectivity index (χ1) is 9.58. The summed E-state index contributed by atoms with van der Waals surface area (Å²) in [6.07, 6.45) is 3.59. The molecule has 2 aromatic rings. The first-order valence-electron chi connectivity index (χ1n) is 6.45. The third kappa shape index (κ3) is 3.39. The molecular formula is C15H17N3O2. The van der Waals surface area contributed by atoms with Crippen molar-refractivity contribution in [3.63, 3.8) is 0 Å². The molecule has 104 valence electrons. The number of nitrogens with zero attached hydrogens (tertiary/aromatic N) is 2. The lowest BCUT2D eigenvalue weighted by Crippen LogP contribution is -2.18. The van der Waals surface area contributed by atoms with Crippen LogP contribution in [-0.4, -0.2) is 9.91 Å². The first-order valence-corrected chi connectivity index (χ1v) is 6.45. The fraction of sp³-hybridized carbons (Fsp3) is 0.267. The monoisotopic (exact) mass is 271 g/mol. The maximum atomic E-state index is 10.8. The molecule has 1 aromatic carbocycles. The molecule has 5 heteroatoms. The normalized spacial score (nSPS) is 12.1. The summed E-state index contributed by atoms with van der Waals surface area (Å²) in [7, 11) is 0. The van der Waals surface area contributed by atoms with E-state index in [0.717, 1.165) is 11.1 Å². The van der Waals surface area contributed by atoms with Gasteiger partial charge in [-0.1, -0.05) is 12.1 Å². The van der Waals surface area contributed by atoms with Crippen LogP contribution in [0.5, 0.6) is 0 Å². The Balaban J connectivity index is 2.05. The molecule has 1 unspecified atom stereocenters. The predicted octanol–water partition coefficient (Wildman–Crippen LogP) is 3.15. The van der Waals surface area contributed by atoms with Gasteiger partial charge in [-0.15, -0.1) is 0 Å². The standard InChI is InChI=1S/C15H17N3O2/c1-11-9-16-7-6-14(11)10-17-12(2)13-4-3-5-15(8-13)18(19)20/h3-9,12,17H,10H2,1-2H3. The Morgan fingerprint density at radius 2 is 2.20 bits per heavy atom. The zero-order valence-corrected chi connectivity index (χ0v) is 11.5. The van der Waals surface area contributed by atoms with Crippen molar-refractivity contribution in [1.29, 1.82) is 0 Å². The molecule has 0 aliphatic heterocycles. The Hall–Kier alpha value is -2.27. The van der Waals surface area contributed by atoms with Gasteiger partial charge in [-0.2, -0.15) is 0 Å². The number of aryl methyl sites for hydroxylation is 1. The molecule has 0 radical (unpaired) electrons. The number of benzene rings is 1. The summed E-state index contributed by atoms with van der Waals surface area (Å²) in [5.74, 6) is 0. The number of nitrogens with one attached hydrogen (secondary N) is 1. The highest BCUT2D eigenvalue weighted by Crippen LogP contribution is 2.19. The van der Waals surface area contributed by atoms with Crippen molar-refractivity contribution in [3.05, 3.63) is 69.5 Å². The van der Waals surface area contributed by atoms with Gasteiger partial charge in [-0.25, -0.2) is 0 Å². The molecule has 2 rings (SSSR count). The van der Waals surface area contributed by atoms with E-state index in [1.165, 1.54) is 11.6 Å². The van der Waals surface area contributed by atoms with Gasteiger partial charge in [0.1, 0.15) is 0 Å². The van der Waals surface area contributed by atoms with Crippen LogP contribution in [0.1, 0.15) is 29.7 Å². The van der Waals surface area contributed by atoms with Crippen LogP contribution >= 0.6 is 0 Å². The molecular weight excluding hydrogens is 254 g/mol. The van der Waals surface area contributed by atoms with E-state index < -0.39 is 0 Å². The summed E-state index contributed by atoms with van der Waals surface area (Å²) < 4.78 is 0. The van der Waals surface area contributed by atoms with Gasteiger partial charge < -0.3 is 5.32 Å². The third-order valence-corrected chi connectivity index (χ3v) is 3.32. The summed E-state index contributed by atoms with van der Waals surface area (Å²) in [5.41, 5.74) is 3.34. The molecule has 0 fully saturated rings. The third-order valence-electron chi connectivity index (χ3n) is 3.32. The summed E-state index contributed by atoms with van der Waals surface area (Å²) in [6.45, 7) is 4.72. The first kappa shape index (κ1) is 14.1. The molecule has 1 atom stereocenters. The van der Waals surface area contributed by atoms with Gasteiger partial charge in [0.2, 0.25) is 0 Å². The second-order valence-electron chi connectivity index (χ2n) is 4.76. The Kier molecular flexibility index (Phi) is 4.42. The maximum absolute atomic E-state index is 10.8. The van der Waals surface area contributed by atoms with Crippen molar-refractivity contribution in [2.45, 2.75) is 26.4 Å². The number of nitro benzene ring substituents is 1. The van der Waals surface area contributed by atoms with Gasteiger partial charge in [-0.05, 0) is 36.6 Å². The van der Waals surface area contributed by atoms with E-state index >= 15 is 0 Å². The van der Waals surface area contributed by atoms with Crippen LogP contribution in [0.2, 0.25) is 0 Å². The lowest BCUT2D eigenvalue weighted by molar-refractivity contribution is -0.384. The molecule has 20 heavy (non-hydrogen) atoms. The molecule has 0 bridgehead atoms. The average Bonchev–Trinajstić information content (AvgIpc) is 2.46. The van der Waals surface area contributed by atoms with E-state index in [2.05, 4.69) is 10.3 Å². The van der Waals surface area contributed by atoms with Crippen LogP contribution in [0.4, 0.5) is 5.69 Å². The van der Waals surface area contributed by atoms with Crippen molar-refractivity contribution >= 4 is 5.69 Å². The van der Waals surface area contributed by atoms with E-state index in [4.69, 9.17) is 0 Å². The predicted molar refractivity (Wildman–Crippen MR) is 77.3 cm³/mol. The minimum atomic E-state index is -0.372. The number of hydrogen-bond donors (Lipinski definition) is 1. The van der Waals surface area contributed by atoms with Crippen LogP contribution in [0.3, 0.4) is 0 Å². The van der Waals surface area contributed by atoms with Crippen molar-refractivity contribution in [3.8, 4) is 0 Å². The van der Waals surface area contributed by atoms with E-state index in [1.54, 1.807) is 18.3 Å². The highest BCUT2D eigenvalue weighted by molar-refractivity contribution is 5.35. The quantitative estimate of drug-likeness (QED) is 0.670. The van der Waals surface area contributed by atoms with E-state index in [9.17, 15) is 10.1 Å². The lowest BCUT2D eigenvalue weighted by Gasteiger charge is -2.15. The number of hydrogen-bond acceptors (Lipinski definition) is 4. The number of nitro groups is 1. The minimum absolute atomic E-state index is 0.0439. The van der Waals surface area contributed by atoms with Gasteiger partial charge in [0.25, 0.3) is 5.69 Å². The number of pyridine rings is 1. The van der Waals surface area contributed by atoms with Crippen LogP contribution in [0.25, 0.3) is 0 Å². The van der Waals surface area contributed by atoms with Crippen molar-refractivity contribution in [2.24, 2.45) is 0 Å². The van der Waals surface area contributed by atoms with Gasteiger partial charge in [0.15, 0.2) is 0 Å². The highest BCUT2D eigenvalue weighted by atomic mass is 16.6. The van der Waals surface area contributed by atoms with E-state index in [1.807, 2.05) is 32.2 Å². The van der Waals surface area contributed by atoms with Gasteiger partial charge in [0.05, 0.1) is 4.92 Å². The van der Waals surface area contributed by atoms with Crippen molar-refractivity contribution < 1.29 is 4.92 Å². The molecule has 0 aliphatic rings. The Morgan fingerprint density at radius 1 is 1.40 bits per heavy atom. The molecule has 1 heterocycles. The molecule has 0 spiro atoms. The molecule has 0 amide bonds.